The monoisotopic (exact) mass is 272 g/mol. The van der Waals surface area contributed by atoms with Crippen LogP contribution in [0.1, 0.15) is 34.8 Å². The van der Waals surface area contributed by atoms with Crippen molar-refractivity contribution in [3.8, 4) is 0 Å². The molecule has 0 bridgehead atoms. The Bertz CT molecular complexity index is 727. The second kappa shape index (κ2) is 4.67. The van der Waals surface area contributed by atoms with Crippen LogP contribution in [0.2, 0.25) is 0 Å². The molecule has 1 atom stereocenters. The number of fused-ring (bicyclic) bond motifs is 1. The predicted molar refractivity (Wildman–Crippen MR) is 73.9 cm³/mol. The summed E-state index contributed by atoms with van der Waals surface area (Å²) in [5, 5.41) is 2.92. The maximum Gasteiger partial charge on any atom is 0.361 e. The zero-order valence-corrected chi connectivity index (χ0v) is 11.5. The first kappa shape index (κ1) is 12.7. The zero-order valence-electron chi connectivity index (χ0n) is 11.5. The van der Waals surface area contributed by atoms with Crippen molar-refractivity contribution in [2.45, 2.75) is 32.7 Å². The standard InChI is InChI=1S/C15H16N2O3/c1-9-10(2)17(20-14(9)18)15(19)16-13-8-7-11-5-3-4-6-12(11)13/h3-6,13H,7-8H2,1-2H3,(H,16,19). The predicted octanol–water partition coefficient (Wildman–Crippen LogP) is 2.30. The van der Waals surface area contributed by atoms with Crippen LogP contribution >= 0.6 is 0 Å². The van der Waals surface area contributed by atoms with Crippen molar-refractivity contribution in [3.63, 3.8) is 0 Å². The third-order valence-corrected chi connectivity index (χ3v) is 3.94. The molecule has 0 fully saturated rings. The van der Waals surface area contributed by atoms with E-state index < -0.39 is 11.7 Å². The van der Waals surface area contributed by atoms with E-state index in [0.717, 1.165) is 23.1 Å². The zero-order chi connectivity index (χ0) is 14.3. The fourth-order valence-electron chi connectivity index (χ4n) is 2.63. The van der Waals surface area contributed by atoms with Crippen molar-refractivity contribution in [3.05, 3.63) is 57.1 Å². The number of hydrogen-bond donors (Lipinski definition) is 1. The molecule has 5 nitrogen and oxygen atoms in total. The number of carbonyl (C=O) groups is 1. The van der Waals surface area contributed by atoms with Gasteiger partial charge in [-0.2, -0.15) is 0 Å². The molecule has 1 aliphatic rings. The Kier molecular flexibility index (Phi) is 2.97. The Hall–Kier alpha value is -2.30. The van der Waals surface area contributed by atoms with Gasteiger partial charge in [0.25, 0.3) is 0 Å². The van der Waals surface area contributed by atoms with Crippen molar-refractivity contribution >= 4 is 6.03 Å². The lowest BCUT2D eigenvalue weighted by Gasteiger charge is -2.14. The quantitative estimate of drug-likeness (QED) is 0.866. The highest BCUT2D eigenvalue weighted by Gasteiger charge is 2.25. The Labute approximate surface area is 116 Å². The van der Waals surface area contributed by atoms with E-state index in [1.165, 1.54) is 5.56 Å². The van der Waals surface area contributed by atoms with Gasteiger partial charge in [-0.15, -0.1) is 4.74 Å². The number of hydrogen-bond acceptors (Lipinski definition) is 3. The third kappa shape index (κ3) is 1.95. The molecule has 0 aliphatic heterocycles. The molecule has 1 N–H and O–H groups in total. The summed E-state index contributed by atoms with van der Waals surface area (Å²) in [7, 11) is 0. The van der Waals surface area contributed by atoms with Gasteiger partial charge in [-0.1, -0.05) is 24.3 Å². The average molecular weight is 272 g/mol. The van der Waals surface area contributed by atoms with Crippen LogP contribution in [-0.4, -0.2) is 10.8 Å². The first-order valence-corrected chi connectivity index (χ1v) is 6.66. The summed E-state index contributed by atoms with van der Waals surface area (Å²) in [4.78, 5) is 23.6. The number of benzene rings is 1. The van der Waals surface area contributed by atoms with Gasteiger partial charge >= 0.3 is 11.7 Å². The van der Waals surface area contributed by atoms with Crippen molar-refractivity contribution in [2.75, 3.05) is 0 Å². The summed E-state index contributed by atoms with van der Waals surface area (Å²) >= 11 is 0. The maximum atomic E-state index is 12.2. The summed E-state index contributed by atoms with van der Waals surface area (Å²) in [5.41, 5.74) is 2.94. The minimum Gasteiger partial charge on any atom is -0.328 e. The van der Waals surface area contributed by atoms with Gasteiger partial charge in [0.1, 0.15) is 0 Å². The summed E-state index contributed by atoms with van der Waals surface area (Å²) in [6.07, 6.45) is 1.82. The number of rotatable bonds is 1. The number of amides is 1. The summed E-state index contributed by atoms with van der Waals surface area (Å²) in [6, 6.07) is 7.65. The van der Waals surface area contributed by atoms with Gasteiger partial charge in [0, 0.05) is 0 Å². The minimum absolute atomic E-state index is 0.0221. The van der Waals surface area contributed by atoms with E-state index in [0.29, 0.717) is 11.3 Å². The van der Waals surface area contributed by atoms with E-state index in [4.69, 9.17) is 4.52 Å². The summed E-state index contributed by atoms with van der Waals surface area (Å²) in [6.45, 7) is 3.35. The Balaban J connectivity index is 1.84. The van der Waals surface area contributed by atoms with Crippen LogP contribution in [-0.2, 0) is 6.42 Å². The molecule has 1 aliphatic carbocycles. The van der Waals surface area contributed by atoms with E-state index in [9.17, 15) is 9.59 Å². The molecule has 2 aromatic rings. The lowest BCUT2D eigenvalue weighted by atomic mass is 10.1. The fourth-order valence-corrected chi connectivity index (χ4v) is 2.63. The van der Waals surface area contributed by atoms with Gasteiger partial charge in [-0.3, -0.25) is 0 Å². The van der Waals surface area contributed by atoms with Gasteiger partial charge in [-0.25, -0.2) is 9.59 Å². The molecule has 1 amide bonds. The summed E-state index contributed by atoms with van der Waals surface area (Å²) in [5.74, 6) is 0. The van der Waals surface area contributed by atoms with Gasteiger partial charge in [0.2, 0.25) is 0 Å². The molecule has 1 heterocycles. The van der Waals surface area contributed by atoms with Crippen LogP contribution in [0.4, 0.5) is 4.79 Å². The molecule has 3 rings (SSSR count). The molecule has 1 unspecified atom stereocenters. The van der Waals surface area contributed by atoms with Gasteiger partial charge < -0.3 is 9.84 Å². The normalized spacial score (nSPS) is 17.0. The minimum atomic E-state index is -0.468. The fraction of sp³-hybridized carbons (Fsp3) is 0.333. The smallest absolute Gasteiger partial charge is 0.328 e. The Morgan fingerprint density at radius 3 is 2.80 bits per heavy atom. The lowest BCUT2D eigenvalue weighted by molar-refractivity contribution is 0.201. The third-order valence-electron chi connectivity index (χ3n) is 3.94. The lowest BCUT2D eigenvalue weighted by Crippen LogP contribution is -2.31. The Morgan fingerprint density at radius 1 is 1.35 bits per heavy atom. The van der Waals surface area contributed by atoms with Crippen LogP contribution in [0.3, 0.4) is 0 Å². The molecule has 0 saturated heterocycles. The number of carbonyl (C=O) groups excluding carboxylic acids is 1. The highest BCUT2D eigenvalue weighted by atomic mass is 16.5. The van der Waals surface area contributed by atoms with Crippen molar-refractivity contribution < 1.29 is 9.32 Å². The molecule has 1 aromatic carbocycles. The highest BCUT2D eigenvalue weighted by molar-refractivity contribution is 5.76. The van der Waals surface area contributed by atoms with Crippen molar-refractivity contribution in [1.82, 2.24) is 10.1 Å². The van der Waals surface area contributed by atoms with Crippen LogP contribution in [0, 0.1) is 13.8 Å². The summed E-state index contributed by atoms with van der Waals surface area (Å²) < 4.78 is 5.99. The number of aryl methyl sites for hydroxylation is 1. The molecular weight excluding hydrogens is 256 g/mol. The second-order valence-corrected chi connectivity index (χ2v) is 5.12. The van der Waals surface area contributed by atoms with E-state index >= 15 is 0 Å². The number of aromatic nitrogens is 1. The van der Waals surface area contributed by atoms with Crippen LogP contribution in [0.15, 0.2) is 33.6 Å². The largest absolute Gasteiger partial charge is 0.361 e. The van der Waals surface area contributed by atoms with Crippen LogP contribution in [0.25, 0.3) is 0 Å². The number of nitrogens with zero attached hydrogens (tertiary/aromatic N) is 1. The van der Waals surface area contributed by atoms with Gasteiger partial charge in [0.05, 0.1) is 17.3 Å². The van der Waals surface area contributed by atoms with E-state index in [-0.39, 0.29) is 6.04 Å². The molecule has 0 saturated carbocycles. The SMILES string of the molecule is Cc1c(C)n(C(=O)NC2CCc3ccccc32)oc1=O. The first-order valence-electron chi connectivity index (χ1n) is 6.66. The van der Waals surface area contributed by atoms with Crippen molar-refractivity contribution in [2.24, 2.45) is 0 Å². The van der Waals surface area contributed by atoms with E-state index in [1.54, 1.807) is 13.8 Å². The Morgan fingerprint density at radius 2 is 2.10 bits per heavy atom. The van der Waals surface area contributed by atoms with Crippen LogP contribution in [0.5, 0.6) is 0 Å². The highest BCUT2D eigenvalue weighted by Crippen LogP contribution is 2.30. The van der Waals surface area contributed by atoms with Crippen molar-refractivity contribution in [1.29, 1.82) is 0 Å². The molecule has 0 radical (unpaired) electrons. The second-order valence-electron chi connectivity index (χ2n) is 5.12. The molecule has 104 valence electrons. The number of nitrogens with one attached hydrogen (secondary N) is 1. The molecule has 20 heavy (non-hydrogen) atoms. The van der Waals surface area contributed by atoms with Gasteiger partial charge in [-0.05, 0) is 37.8 Å². The van der Waals surface area contributed by atoms with E-state index in [2.05, 4.69) is 11.4 Å². The molecular formula is C15H16N2O3. The van der Waals surface area contributed by atoms with Gasteiger partial charge in [0.15, 0.2) is 0 Å². The molecule has 1 aromatic heterocycles. The van der Waals surface area contributed by atoms with E-state index in [1.807, 2.05) is 18.2 Å². The molecule has 0 spiro atoms. The maximum absolute atomic E-state index is 12.2. The van der Waals surface area contributed by atoms with Crippen LogP contribution < -0.4 is 10.9 Å². The average Bonchev–Trinajstić information content (AvgIpc) is 2.96. The first-order chi connectivity index (χ1) is 9.58. The molecule has 5 heteroatoms. The topological polar surface area (TPSA) is 64.2 Å².